The molecule has 19 heteroatoms. The lowest BCUT2D eigenvalue weighted by Crippen LogP contribution is -2.50. The van der Waals surface area contributed by atoms with E-state index in [1.807, 2.05) is 20.8 Å². The topological polar surface area (TPSA) is 153 Å². The summed E-state index contributed by atoms with van der Waals surface area (Å²) in [5, 5.41) is 27.5. The van der Waals surface area contributed by atoms with Crippen molar-refractivity contribution in [3.8, 4) is 0 Å². The van der Waals surface area contributed by atoms with Crippen LogP contribution < -0.4 is 0 Å². The minimum atomic E-state index is -1.92. The first-order valence-electron chi connectivity index (χ1n) is 22.0. The molecule has 0 radical (unpaired) electrons. The average Bonchev–Trinajstić information content (AvgIpc) is 3.07. The normalized spacial score (nSPS) is 15.8. The monoisotopic (exact) mass is 953 g/mol. The fourth-order valence-electron chi connectivity index (χ4n) is 5.50. The molecule has 13 nitrogen and oxygen atoms in total. The van der Waals surface area contributed by atoms with Gasteiger partial charge in [-0.1, -0.05) is 6.08 Å². The highest BCUT2D eigenvalue weighted by atomic mass is 28.5. The second kappa shape index (κ2) is 35.8. The van der Waals surface area contributed by atoms with Gasteiger partial charge in [0.05, 0.1) is 89.1 Å². The van der Waals surface area contributed by atoms with E-state index in [9.17, 15) is 10.2 Å². The minimum absolute atomic E-state index is 0.0116. The van der Waals surface area contributed by atoms with E-state index >= 15 is 0 Å². The van der Waals surface area contributed by atoms with Crippen LogP contribution in [-0.2, 0) is 45.2 Å². The van der Waals surface area contributed by atoms with Gasteiger partial charge in [-0.25, -0.2) is 0 Å². The van der Waals surface area contributed by atoms with E-state index in [1.165, 1.54) is 0 Å². The van der Waals surface area contributed by atoms with Crippen LogP contribution in [0.1, 0.15) is 54.4 Å². The summed E-state index contributed by atoms with van der Waals surface area (Å²) < 4.78 is 57.8. The maximum absolute atomic E-state index is 9.28. The van der Waals surface area contributed by atoms with Crippen molar-refractivity contribution in [2.75, 3.05) is 65.7 Å². The Kier molecular flexibility index (Phi) is 38.7. The third-order valence-corrected chi connectivity index (χ3v) is 25.6. The molecule has 0 aliphatic carbocycles. The summed E-state index contributed by atoms with van der Waals surface area (Å²) in [6.07, 6.45) is 3.10. The molecule has 0 amide bonds. The van der Waals surface area contributed by atoms with E-state index in [-0.39, 0.29) is 18.3 Å². The van der Waals surface area contributed by atoms with E-state index in [2.05, 4.69) is 85.1 Å². The van der Waals surface area contributed by atoms with E-state index in [4.69, 9.17) is 50.3 Å². The van der Waals surface area contributed by atoms with Crippen molar-refractivity contribution in [1.29, 1.82) is 0 Å². The SMILES string of the molecule is C=CCOCC(C)OCC(C)O.CC(O)COC(C)COCCC[Si](C)(C)OC[Si](C)(C)O[Si](C)(C)CCCOCC(C)OCC(C)O.C[SiH](C)O[Si](C)(C)O[SiH](C)C. The molecular formula is C40H96O13Si6. The zero-order chi connectivity index (χ0) is 46.3. The summed E-state index contributed by atoms with van der Waals surface area (Å²) >= 11 is 0. The second-order valence-electron chi connectivity index (χ2n) is 18.6. The number of hydrogen-bond acceptors (Lipinski definition) is 13. The van der Waals surface area contributed by atoms with Gasteiger partial charge in [-0.15, -0.1) is 6.58 Å². The molecule has 0 fully saturated rings. The number of aliphatic hydroxyl groups excluding tert-OH is 3. The van der Waals surface area contributed by atoms with Gasteiger partial charge in [-0.05, 0) is 145 Å². The maximum atomic E-state index is 9.28. The van der Waals surface area contributed by atoms with E-state index < -0.39 is 69.9 Å². The molecule has 0 aromatic carbocycles. The molecule has 0 heterocycles. The number of ether oxygens (including phenoxy) is 6. The lowest BCUT2D eigenvalue weighted by atomic mass is 10.4. The molecule has 59 heavy (non-hydrogen) atoms. The fourth-order valence-corrected chi connectivity index (χ4v) is 27.0. The molecule has 0 saturated carbocycles. The summed E-state index contributed by atoms with van der Waals surface area (Å²) in [6.45, 7) is 45.9. The minimum Gasteiger partial charge on any atom is -0.454 e. The third kappa shape index (κ3) is 49.4. The molecule has 0 aromatic rings. The Morgan fingerprint density at radius 2 is 0.881 bits per heavy atom. The first-order chi connectivity index (χ1) is 27.0. The van der Waals surface area contributed by atoms with Crippen LogP contribution in [0.25, 0.3) is 0 Å². The lowest BCUT2D eigenvalue weighted by molar-refractivity contribution is -0.0363. The highest BCUT2D eigenvalue weighted by Crippen LogP contribution is 2.23. The zero-order valence-corrected chi connectivity index (χ0v) is 47.5. The van der Waals surface area contributed by atoms with Crippen LogP contribution in [0, 0.1) is 0 Å². The van der Waals surface area contributed by atoms with E-state index in [0.29, 0.717) is 59.5 Å². The molecule has 0 rings (SSSR count). The number of rotatable bonds is 34. The molecular weight excluding hydrogens is 857 g/mol. The van der Waals surface area contributed by atoms with Gasteiger partial charge in [0.1, 0.15) is 0 Å². The summed E-state index contributed by atoms with van der Waals surface area (Å²) in [4.78, 5) is 0. The predicted molar refractivity (Wildman–Crippen MR) is 260 cm³/mol. The van der Waals surface area contributed by atoms with Crippen LogP contribution in [0.15, 0.2) is 12.7 Å². The first kappa shape index (κ1) is 63.8. The van der Waals surface area contributed by atoms with Gasteiger partial charge in [0.2, 0.25) is 0 Å². The van der Waals surface area contributed by atoms with Gasteiger partial charge in [0.15, 0.2) is 43.0 Å². The highest BCUT2D eigenvalue weighted by molar-refractivity contribution is 6.85. The Hall–Kier alpha value is 0.521. The second-order valence-corrected chi connectivity index (χ2v) is 40.4. The highest BCUT2D eigenvalue weighted by Gasteiger charge is 2.35. The van der Waals surface area contributed by atoms with Crippen molar-refractivity contribution in [3.63, 3.8) is 0 Å². The number of hydrogen-bond donors (Lipinski definition) is 3. The van der Waals surface area contributed by atoms with Crippen molar-refractivity contribution >= 4 is 51.6 Å². The summed E-state index contributed by atoms with van der Waals surface area (Å²) in [5.41, 5.74) is 0. The van der Waals surface area contributed by atoms with Crippen LogP contribution >= 0.6 is 0 Å². The average molecular weight is 954 g/mol. The molecule has 0 aliphatic rings. The smallest absolute Gasteiger partial charge is 0.310 e. The van der Waals surface area contributed by atoms with Crippen molar-refractivity contribution in [2.24, 2.45) is 0 Å². The Balaban J connectivity index is -0.00000110. The van der Waals surface area contributed by atoms with Gasteiger partial charge in [0, 0.05) is 13.2 Å². The van der Waals surface area contributed by atoms with Crippen molar-refractivity contribution < 1.29 is 60.5 Å². The Morgan fingerprint density at radius 1 is 0.525 bits per heavy atom. The molecule has 0 bridgehead atoms. The molecule has 0 aromatic heterocycles. The van der Waals surface area contributed by atoms with Crippen LogP contribution in [0.2, 0.25) is 90.7 Å². The molecule has 0 aliphatic heterocycles. The molecule has 0 spiro atoms. The van der Waals surface area contributed by atoms with Crippen molar-refractivity contribution in [2.45, 2.75) is 182 Å². The molecule has 0 saturated heterocycles. The van der Waals surface area contributed by atoms with Crippen LogP contribution in [-0.4, -0.2) is 169 Å². The fraction of sp³-hybridized carbons (Fsp3) is 0.950. The van der Waals surface area contributed by atoms with Gasteiger partial charge in [-0.3, -0.25) is 0 Å². The first-order valence-corrected chi connectivity index (χ1v) is 39.7. The van der Waals surface area contributed by atoms with Crippen molar-refractivity contribution in [1.82, 2.24) is 0 Å². The van der Waals surface area contributed by atoms with Gasteiger partial charge >= 0.3 is 8.56 Å². The molecule has 6 atom stereocenters. The summed E-state index contributed by atoms with van der Waals surface area (Å²) in [5.74, 6) is 0. The van der Waals surface area contributed by atoms with Crippen LogP contribution in [0.5, 0.6) is 0 Å². The van der Waals surface area contributed by atoms with Gasteiger partial charge in [0.25, 0.3) is 0 Å². The summed E-state index contributed by atoms with van der Waals surface area (Å²) in [7, 11) is -9.00. The largest absolute Gasteiger partial charge is 0.454 e. The molecule has 3 N–H and O–H groups in total. The lowest BCUT2D eigenvalue weighted by Gasteiger charge is -2.36. The quantitative estimate of drug-likeness (QED) is 0.0339. The standard InChI is InChI=1S/C25H58O8Si3.C9H18O3.C6H20O2Si3/c1-22(26)17-30-24(3)19-28-13-11-15-34(5,6)32-21-36(9,10)33-35(7,8)16-12-14-29-20-25(4)31-18-23(2)27;1-4-5-11-7-9(3)12-6-8(2)10;1-9(2)7-11(5,6)8-10(3)4/h22-27H,11-21H2,1-10H3;4,8-10H,1,5-7H2,2-3H3;9-10H,1-6H3. The molecule has 6 unspecified atom stereocenters. The summed E-state index contributed by atoms with van der Waals surface area (Å²) in [6, 6.07) is 2.11. The van der Waals surface area contributed by atoms with Crippen LogP contribution in [0.3, 0.4) is 0 Å². The van der Waals surface area contributed by atoms with Crippen LogP contribution in [0.4, 0.5) is 0 Å². The predicted octanol–water partition coefficient (Wildman–Crippen LogP) is 7.22. The molecule has 358 valence electrons. The Morgan fingerprint density at radius 3 is 1.22 bits per heavy atom. The number of aliphatic hydroxyl groups is 3. The zero-order valence-electron chi connectivity index (χ0n) is 41.2. The Bertz CT molecular complexity index is 965. The van der Waals surface area contributed by atoms with Crippen molar-refractivity contribution in [3.05, 3.63) is 12.7 Å². The van der Waals surface area contributed by atoms with Gasteiger partial charge in [-0.2, -0.15) is 0 Å². The Labute approximate surface area is 370 Å². The van der Waals surface area contributed by atoms with E-state index in [0.717, 1.165) is 31.2 Å². The van der Waals surface area contributed by atoms with E-state index in [1.54, 1.807) is 26.8 Å². The third-order valence-electron chi connectivity index (χ3n) is 7.70. The van der Waals surface area contributed by atoms with Gasteiger partial charge < -0.3 is 60.5 Å². The maximum Gasteiger partial charge on any atom is 0.310 e.